The second-order valence-electron chi connectivity index (χ2n) is 7.49. The van der Waals surface area contributed by atoms with Crippen molar-refractivity contribution in [3.63, 3.8) is 0 Å². The molecule has 0 aromatic heterocycles. The molecule has 3 aliphatic rings. The third kappa shape index (κ3) is 5.05. The van der Waals surface area contributed by atoms with Gasteiger partial charge in [-0.15, -0.1) is 0 Å². The SMILES string of the molecule is CO[C]1[CH][C](C)[CH][C@@H]([C@H]2C(=O)[C@]3(C)CC[C@H]2C3(C)C)[CH]1.[C-]#[O+].[C-]#[O+].[C-]#[O+].[Mn]. The van der Waals surface area contributed by atoms with E-state index in [-0.39, 0.29) is 39.7 Å². The Labute approximate surface area is 174 Å². The standard InChI is InChI=1S/C18H25O2.3CO.Mn/c1-11-8-12(10-13(9-11)20-5)15-14-6-7-18(4,16(15)19)17(14,2)3;3*1-2;/h8-10,12,14-15H,6-7H2,1-5H3;;;;/t12-,14-,15-,18+;;;;/m1..../s1. The molecule has 5 nitrogen and oxygen atoms in total. The number of methoxy groups -OCH3 is 1. The monoisotopic (exact) mass is 412 g/mol. The summed E-state index contributed by atoms with van der Waals surface area (Å²) in [5.74, 6) is 2.52. The Morgan fingerprint density at radius 1 is 1.07 bits per heavy atom. The van der Waals surface area contributed by atoms with Gasteiger partial charge in [0.1, 0.15) is 11.9 Å². The fourth-order valence-electron chi connectivity index (χ4n) is 4.80. The molecule has 6 heteroatoms. The van der Waals surface area contributed by atoms with Gasteiger partial charge in [0.15, 0.2) is 0 Å². The van der Waals surface area contributed by atoms with Crippen LogP contribution in [0.4, 0.5) is 0 Å². The molecule has 3 fully saturated rings. The van der Waals surface area contributed by atoms with Crippen molar-refractivity contribution >= 4 is 5.78 Å². The molecule has 0 aromatic carbocycles. The number of ketones is 1. The number of fused-ring (bicyclic) bond motifs is 2. The largest absolute Gasteiger partial charge is 0 e. The van der Waals surface area contributed by atoms with Crippen molar-refractivity contribution < 1.29 is 40.6 Å². The number of hydrogen-bond acceptors (Lipinski definition) is 2. The first-order valence-electron chi connectivity index (χ1n) is 8.26. The van der Waals surface area contributed by atoms with E-state index in [9.17, 15) is 4.79 Å². The van der Waals surface area contributed by atoms with Gasteiger partial charge >= 0.3 is 33.9 Å². The average molecular weight is 412 g/mol. The third-order valence-corrected chi connectivity index (χ3v) is 6.42. The molecule has 0 heterocycles. The van der Waals surface area contributed by atoms with Crippen LogP contribution in [0.3, 0.4) is 0 Å². The third-order valence-electron chi connectivity index (χ3n) is 6.42. The number of Topliss-reactive ketones (excluding diaryl/α,β-unsaturated/α-hetero) is 1. The molecule has 3 saturated carbocycles. The van der Waals surface area contributed by atoms with Crippen molar-refractivity contribution in [1.29, 1.82) is 0 Å². The Morgan fingerprint density at radius 3 is 2.00 bits per heavy atom. The van der Waals surface area contributed by atoms with Crippen LogP contribution in [0.5, 0.6) is 0 Å². The van der Waals surface area contributed by atoms with E-state index in [0.717, 1.165) is 12.5 Å². The van der Waals surface area contributed by atoms with Gasteiger partial charge < -0.3 is 4.74 Å². The van der Waals surface area contributed by atoms with Crippen LogP contribution >= 0.6 is 0 Å². The van der Waals surface area contributed by atoms with Gasteiger partial charge in [0.2, 0.25) is 0 Å². The van der Waals surface area contributed by atoms with Crippen molar-refractivity contribution in [2.75, 3.05) is 7.11 Å². The summed E-state index contributed by atoms with van der Waals surface area (Å²) in [6.45, 7) is 22.3. The topological polar surface area (TPSA) is 86.0 Å². The van der Waals surface area contributed by atoms with Gasteiger partial charge in [-0.3, -0.25) is 4.79 Å². The zero-order chi connectivity index (χ0) is 20.7. The van der Waals surface area contributed by atoms with E-state index in [1.54, 1.807) is 7.11 Å². The van der Waals surface area contributed by atoms with E-state index in [1.807, 2.05) is 6.42 Å². The predicted octanol–water partition coefficient (Wildman–Crippen LogP) is 3.53. The Balaban J connectivity index is 0. The van der Waals surface area contributed by atoms with Gasteiger partial charge in [0, 0.05) is 48.4 Å². The molecule has 6 radical (unpaired) electrons. The first-order valence-corrected chi connectivity index (χ1v) is 8.26. The normalized spacial score (nSPS) is 33.7. The summed E-state index contributed by atoms with van der Waals surface area (Å²) in [6.07, 6.45) is 9.56. The molecule has 3 rings (SSSR count). The van der Waals surface area contributed by atoms with Crippen molar-refractivity contribution in [1.82, 2.24) is 0 Å². The predicted molar refractivity (Wildman–Crippen MR) is 90.5 cm³/mol. The van der Waals surface area contributed by atoms with Gasteiger partial charge in [-0.1, -0.05) is 27.7 Å². The van der Waals surface area contributed by atoms with E-state index in [0.29, 0.717) is 11.7 Å². The quantitative estimate of drug-likeness (QED) is 0.395. The van der Waals surface area contributed by atoms with Crippen molar-refractivity contribution in [2.24, 2.45) is 28.6 Å². The van der Waals surface area contributed by atoms with Crippen LogP contribution in [0.25, 0.3) is 0 Å². The molecule has 4 atom stereocenters. The number of carbonyl (C=O) groups is 1. The second-order valence-corrected chi connectivity index (χ2v) is 7.49. The van der Waals surface area contributed by atoms with Gasteiger partial charge in [-0.25, -0.2) is 0 Å². The molecule has 27 heavy (non-hydrogen) atoms. The fraction of sp³-hybridized carbons (Fsp3) is 0.571. The molecule has 0 unspecified atom stereocenters. The second kappa shape index (κ2) is 12.0. The molecule has 0 aromatic rings. The minimum Gasteiger partial charge on any atom is 0 e. The van der Waals surface area contributed by atoms with Crippen LogP contribution in [0, 0.1) is 79.8 Å². The van der Waals surface area contributed by atoms with Crippen LogP contribution in [-0.4, -0.2) is 12.9 Å². The molecule has 146 valence electrons. The Hall–Kier alpha value is -0.631. The molecule has 2 bridgehead atoms. The minimum atomic E-state index is -0.133. The van der Waals surface area contributed by atoms with Crippen LogP contribution < -0.4 is 0 Å². The number of rotatable bonds is 2. The average Bonchev–Trinajstić information content (AvgIpc) is 2.98. The summed E-state index contributed by atoms with van der Waals surface area (Å²) in [5.41, 5.74) is -0.00888. The Bertz CT molecular complexity index is 524. The molecule has 0 spiro atoms. The van der Waals surface area contributed by atoms with Crippen molar-refractivity contribution in [2.45, 2.75) is 40.5 Å². The molecule has 0 N–H and O–H groups in total. The van der Waals surface area contributed by atoms with Crippen LogP contribution in [0.2, 0.25) is 0 Å². The molecular weight excluding hydrogens is 387 g/mol. The summed E-state index contributed by atoms with van der Waals surface area (Å²) in [6, 6.07) is 0. The smallest absolute Gasteiger partial charge is 0 e. The maximum Gasteiger partial charge on any atom is 0 e. The first kappa shape index (κ1) is 28.6. The van der Waals surface area contributed by atoms with E-state index < -0.39 is 0 Å². The fourth-order valence-corrected chi connectivity index (χ4v) is 4.80. The van der Waals surface area contributed by atoms with Crippen LogP contribution in [0.15, 0.2) is 0 Å². The Kier molecular flexibility index (Phi) is 12.7. The number of hydrogen-bond donors (Lipinski definition) is 0. The van der Waals surface area contributed by atoms with Gasteiger partial charge in [0.05, 0.1) is 0 Å². The summed E-state index contributed by atoms with van der Waals surface area (Å²) >= 11 is 0. The first-order chi connectivity index (χ1) is 12.3. The zero-order valence-corrected chi connectivity index (χ0v) is 17.5. The summed E-state index contributed by atoms with van der Waals surface area (Å²) in [7, 11) is 1.70. The Morgan fingerprint density at radius 2 is 1.59 bits per heavy atom. The molecule has 0 amide bonds. The minimum absolute atomic E-state index is 0. The number of carbonyl (C=O) groups excluding carboxylic acids is 1. The van der Waals surface area contributed by atoms with Gasteiger partial charge in [-0.2, -0.15) is 0 Å². The van der Waals surface area contributed by atoms with Crippen LogP contribution in [0.1, 0.15) is 40.5 Å². The summed E-state index contributed by atoms with van der Waals surface area (Å²) in [4.78, 5) is 13.0. The maximum absolute atomic E-state index is 13.0. The van der Waals surface area contributed by atoms with E-state index >= 15 is 0 Å². The molecular formula is C21H25MnO5. The maximum atomic E-state index is 13.0. The zero-order valence-electron chi connectivity index (χ0n) is 16.3. The molecule has 0 aliphatic heterocycles. The van der Waals surface area contributed by atoms with Crippen molar-refractivity contribution in [3.8, 4) is 0 Å². The van der Waals surface area contributed by atoms with E-state index in [1.165, 1.54) is 12.3 Å². The number of ether oxygens (including phenoxy) is 1. The molecule has 0 saturated heterocycles. The van der Waals surface area contributed by atoms with E-state index in [4.69, 9.17) is 18.7 Å². The van der Waals surface area contributed by atoms with Crippen molar-refractivity contribution in [3.05, 3.63) is 51.2 Å². The van der Waals surface area contributed by atoms with E-state index in [2.05, 4.69) is 60.5 Å². The van der Waals surface area contributed by atoms with Gasteiger partial charge in [-0.05, 0) is 42.4 Å². The van der Waals surface area contributed by atoms with Gasteiger partial charge in [0.25, 0.3) is 0 Å². The molecule has 3 aliphatic carbocycles. The summed E-state index contributed by atoms with van der Waals surface area (Å²) in [5, 5.41) is 0. The summed E-state index contributed by atoms with van der Waals surface area (Å²) < 4.78 is 27.9. The van der Waals surface area contributed by atoms with Crippen LogP contribution in [-0.2, 0) is 40.6 Å².